The molecule has 0 saturated carbocycles. The van der Waals surface area contributed by atoms with E-state index >= 15 is 0 Å². The van der Waals surface area contributed by atoms with Gasteiger partial charge in [-0.2, -0.15) is 13.2 Å². The highest BCUT2D eigenvalue weighted by molar-refractivity contribution is 5.85. The number of alkyl halides is 3. The van der Waals surface area contributed by atoms with Crippen LogP contribution in [-0.4, -0.2) is 6.29 Å². The van der Waals surface area contributed by atoms with Gasteiger partial charge in [0.05, 0.1) is 11.6 Å². The highest BCUT2D eigenvalue weighted by Crippen LogP contribution is 2.32. The molecule has 0 heterocycles. The summed E-state index contributed by atoms with van der Waals surface area (Å²) in [5.41, 5.74) is 3.71. The number of halogens is 5. The molecule has 16 heavy (non-hydrogen) atoms. The minimum absolute atomic E-state index is 0. The first-order chi connectivity index (χ1) is 6.86. The predicted octanol–water partition coefficient (Wildman–Crippen LogP) is 2.47. The van der Waals surface area contributed by atoms with Crippen molar-refractivity contribution in [1.82, 2.24) is 0 Å². The van der Waals surface area contributed by atoms with Gasteiger partial charge in [-0.15, -0.1) is 12.4 Å². The summed E-state index contributed by atoms with van der Waals surface area (Å²) in [6, 6.07) is 1.05. The number of aldehydes is 1. The minimum atomic E-state index is -4.79. The molecular formula is C9H8ClF4NO. The molecule has 2 N–H and O–H groups in total. The van der Waals surface area contributed by atoms with Gasteiger partial charge in [0.15, 0.2) is 0 Å². The molecular weight excluding hydrogens is 250 g/mol. The average molecular weight is 258 g/mol. The number of hydrogen-bond acceptors (Lipinski definition) is 2. The smallest absolute Gasteiger partial charge is 0.318 e. The molecule has 0 aliphatic carbocycles. The van der Waals surface area contributed by atoms with Gasteiger partial charge in [-0.25, -0.2) is 4.39 Å². The lowest BCUT2D eigenvalue weighted by molar-refractivity contribution is -0.140. The molecule has 1 unspecified atom stereocenters. The van der Waals surface area contributed by atoms with Gasteiger partial charge >= 0.3 is 6.18 Å². The van der Waals surface area contributed by atoms with E-state index in [0.717, 1.165) is 6.07 Å². The Morgan fingerprint density at radius 3 is 2.31 bits per heavy atom. The van der Waals surface area contributed by atoms with Crippen molar-refractivity contribution in [2.75, 3.05) is 0 Å². The van der Waals surface area contributed by atoms with E-state index in [-0.39, 0.29) is 24.3 Å². The Balaban J connectivity index is 0.00000225. The molecule has 7 heteroatoms. The predicted molar refractivity (Wildman–Crippen MR) is 51.6 cm³/mol. The topological polar surface area (TPSA) is 43.1 Å². The van der Waals surface area contributed by atoms with E-state index in [1.807, 2.05) is 0 Å². The first kappa shape index (κ1) is 14.9. The van der Waals surface area contributed by atoms with Gasteiger partial charge in [-0.05, 0) is 17.7 Å². The van der Waals surface area contributed by atoms with Gasteiger partial charge in [0.25, 0.3) is 0 Å². The number of nitrogens with two attached hydrogens (primary N) is 1. The minimum Gasteiger partial charge on any atom is -0.318 e. The van der Waals surface area contributed by atoms with Gasteiger partial charge in [0.2, 0.25) is 0 Å². The Labute approximate surface area is 94.8 Å². The standard InChI is InChI=1S/C9H7F4NO.ClH/c10-7-2-1-5(8(14)4-15)3-6(7)9(11,12)13;/h1-4,8H,14H2;1H. The third-order valence-corrected chi connectivity index (χ3v) is 1.83. The monoisotopic (exact) mass is 257 g/mol. The largest absolute Gasteiger partial charge is 0.419 e. The molecule has 2 nitrogen and oxygen atoms in total. The molecule has 1 rings (SSSR count). The molecule has 0 fully saturated rings. The summed E-state index contributed by atoms with van der Waals surface area (Å²) in [7, 11) is 0. The molecule has 0 aliphatic rings. The number of rotatable bonds is 2. The Morgan fingerprint density at radius 1 is 1.31 bits per heavy atom. The van der Waals surface area contributed by atoms with Gasteiger partial charge in [0, 0.05) is 0 Å². The van der Waals surface area contributed by atoms with Gasteiger partial charge in [-0.1, -0.05) is 6.07 Å². The summed E-state index contributed by atoms with van der Waals surface area (Å²) in [6.07, 6.45) is -4.50. The van der Waals surface area contributed by atoms with E-state index in [0.29, 0.717) is 12.1 Å². The second-order valence-corrected chi connectivity index (χ2v) is 2.90. The van der Waals surface area contributed by atoms with Crippen LogP contribution in [0.5, 0.6) is 0 Å². The van der Waals surface area contributed by atoms with Crippen LogP contribution in [0.25, 0.3) is 0 Å². The zero-order chi connectivity index (χ0) is 11.6. The molecule has 0 amide bonds. The van der Waals surface area contributed by atoms with Crippen LogP contribution in [-0.2, 0) is 11.0 Å². The molecule has 1 atom stereocenters. The fraction of sp³-hybridized carbons (Fsp3) is 0.222. The molecule has 0 aliphatic heterocycles. The fourth-order valence-electron chi connectivity index (χ4n) is 1.05. The highest BCUT2D eigenvalue weighted by atomic mass is 35.5. The molecule has 0 bridgehead atoms. The lowest BCUT2D eigenvalue weighted by Crippen LogP contribution is -2.14. The van der Waals surface area contributed by atoms with Crippen molar-refractivity contribution in [1.29, 1.82) is 0 Å². The van der Waals surface area contributed by atoms with Crippen molar-refractivity contribution in [2.45, 2.75) is 12.2 Å². The van der Waals surface area contributed by atoms with Crippen LogP contribution in [0.2, 0.25) is 0 Å². The molecule has 90 valence electrons. The fourth-order valence-corrected chi connectivity index (χ4v) is 1.05. The molecule has 1 aromatic rings. The normalized spacial score (nSPS) is 12.8. The molecule has 1 aromatic carbocycles. The van der Waals surface area contributed by atoms with Crippen LogP contribution in [0.15, 0.2) is 18.2 Å². The van der Waals surface area contributed by atoms with Crippen molar-refractivity contribution in [3.05, 3.63) is 35.1 Å². The van der Waals surface area contributed by atoms with E-state index in [2.05, 4.69) is 0 Å². The van der Waals surface area contributed by atoms with Crippen molar-refractivity contribution in [2.24, 2.45) is 5.73 Å². The highest BCUT2D eigenvalue weighted by Gasteiger charge is 2.34. The van der Waals surface area contributed by atoms with Gasteiger partial charge in [0.1, 0.15) is 12.1 Å². The van der Waals surface area contributed by atoms with Crippen LogP contribution in [0, 0.1) is 5.82 Å². The Bertz CT molecular complexity index is 380. The lowest BCUT2D eigenvalue weighted by atomic mass is 10.0. The molecule has 0 saturated heterocycles. The first-order valence-electron chi connectivity index (χ1n) is 3.94. The molecule has 0 aromatic heterocycles. The SMILES string of the molecule is Cl.NC(C=O)c1ccc(F)c(C(F)(F)F)c1. The summed E-state index contributed by atoms with van der Waals surface area (Å²) >= 11 is 0. The summed E-state index contributed by atoms with van der Waals surface area (Å²) < 4.78 is 49.5. The Kier molecular flexibility index (Phi) is 4.89. The zero-order valence-electron chi connectivity index (χ0n) is 7.79. The van der Waals surface area contributed by atoms with Crippen LogP contribution in [0.1, 0.15) is 17.2 Å². The maximum absolute atomic E-state index is 12.8. The van der Waals surface area contributed by atoms with E-state index in [1.54, 1.807) is 0 Å². The van der Waals surface area contributed by atoms with E-state index in [1.165, 1.54) is 0 Å². The third-order valence-electron chi connectivity index (χ3n) is 1.83. The maximum Gasteiger partial charge on any atom is 0.419 e. The number of carbonyl (C=O) groups is 1. The van der Waals surface area contributed by atoms with Crippen LogP contribution >= 0.6 is 12.4 Å². The van der Waals surface area contributed by atoms with Crippen molar-refractivity contribution in [3.8, 4) is 0 Å². The number of carbonyl (C=O) groups excluding carboxylic acids is 1. The number of benzene rings is 1. The number of hydrogen-bond donors (Lipinski definition) is 1. The van der Waals surface area contributed by atoms with Crippen molar-refractivity contribution >= 4 is 18.7 Å². The summed E-state index contributed by atoms with van der Waals surface area (Å²) in [4.78, 5) is 10.3. The quantitative estimate of drug-likeness (QED) is 0.653. The lowest BCUT2D eigenvalue weighted by Gasteiger charge is -2.11. The second-order valence-electron chi connectivity index (χ2n) is 2.90. The van der Waals surface area contributed by atoms with E-state index in [9.17, 15) is 22.4 Å². The maximum atomic E-state index is 12.8. The third kappa shape index (κ3) is 3.18. The molecule has 0 spiro atoms. The summed E-state index contributed by atoms with van der Waals surface area (Å²) in [5, 5.41) is 0. The van der Waals surface area contributed by atoms with Gasteiger partial charge in [-0.3, -0.25) is 0 Å². The second kappa shape index (κ2) is 5.27. The van der Waals surface area contributed by atoms with Crippen LogP contribution in [0.4, 0.5) is 17.6 Å². The van der Waals surface area contributed by atoms with Crippen LogP contribution < -0.4 is 5.73 Å². The van der Waals surface area contributed by atoms with Crippen molar-refractivity contribution in [3.63, 3.8) is 0 Å². The van der Waals surface area contributed by atoms with Crippen molar-refractivity contribution < 1.29 is 22.4 Å². The zero-order valence-corrected chi connectivity index (χ0v) is 8.61. The summed E-state index contributed by atoms with van der Waals surface area (Å²) in [6.45, 7) is 0. The Hall–Kier alpha value is -1.14. The first-order valence-corrected chi connectivity index (χ1v) is 3.94. The van der Waals surface area contributed by atoms with Gasteiger partial charge < -0.3 is 10.5 Å². The summed E-state index contributed by atoms with van der Waals surface area (Å²) in [5.74, 6) is -1.38. The van der Waals surface area contributed by atoms with E-state index < -0.39 is 23.6 Å². The van der Waals surface area contributed by atoms with E-state index in [4.69, 9.17) is 5.73 Å². The Morgan fingerprint density at radius 2 is 1.88 bits per heavy atom. The molecule has 0 radical (unpaired) electrons. The van der Waals surface area contributed by atoms with Crippen LogP contribution in [0.3, 0.4) is 0 Å². The average Bonchev–Trinajstić information content (AvgIpc) is 2.15.